The average Bonchev–Trinajstić information content (AvgIpc) is 3.49. The Morgan fingerprint density at radius 2 is 1.09 bits per heavy atom. The lowest BCUT2D eigenvalue weighted by Crippen LogP contribution is -2.10. The molecule has 33 heavy (non-hydrogen) atoms. The monoisotopic (exact) mass is 454 g/mol. The highest BCUT2D eigenvalue weighted by atomic mass is 16.5. The zero-order chi connectivity index (χ0) is 23.5. The number of hydrogen-bond donors (Lipinski definition) is 2. The summed E-state index contributed by atoms with van der Waals surface area (Å²) >= 11 is 0. The van der Waals surface area contributed by atoms with Crippen LogP contribution in [-0.2, 0) is 22.4 Å². The molecule has 6 heteroatoms. The number of aliphatic carboxylic acids is 2. The molecule has 0 bridgehead atoms. The molecule has 4 rings (SSSR count). The molecule has 0 amide bonds. The number of hydrogen-bond acceptors (Lipinski definition) is 4. The van der Waals surface area contributed by atoms with Gasteiger partial charge in [0.25, 0.3) is 0 Å². The number of carboxylic acid groups (broad SMARTS) is 2. The number of benzene rings is 2. The predicted molar refractivity (Wildman–Crippen MR) is 126 cm³/mol. The van der Waals surface area contributed by atoms with E-state index in [0.717, 1.165) is 48.3 Å². The summed E-state index contributed by atoms with van der Waals surface area (Å²) in [5, 5.41) is 17.2. The van der Waals surface area contributed by atoms with Crippen LogP contribution in [0.5, 0.6) is 11.5 Å². The van der Waals surface area contributed by atoms with Gasteiger partial charge in [0.05, 0.1) is 18.6 Å². The van der Waals surface area contributed by atoms with Gasteiger partial charge in [0, 0.05) is 6.42 Å². The Kier molecular flexibility index (Phi) is 9.60. The van der Waals surface area contributed by atoms with Crippen molar-refractivity contribution in [3.63, 3.8) is 0 Å². The fraction of sp³-hybridized carbons (Fsp3) is 0.481. The van der Waals surface area contributed by atoms with Crippen molar-refractivity contribution in [2.45, 2.75) is 82.8 Å². The Labute approximate surface area is 195 Å². The Morgan fingerprint density at radius 1 is 0.667 bits per heavy atom. The number of rotatable bonds is 9. The summed E-state index contributed by atoms with van der Waals surface area (Å²) in [6.45, 7) is 0. The van der Waals surface area contributed by atoms with Gasteiger partial charge in [-0.05, 0) is 93.2 Å². The van der Waals surface area contributed by atoms with Gasteiger partial charge >= 0.3 is 11.9 Å². The summed E-state index contributed by atoms with van der Waals surface area (Å²) in [5.74, 6) is 0.192. The Hall–Kier alpha value is -3.02. The molecule has 0 aliphatic heterocycles. The highest BCUT2D eigenvalue weighted by molar-refractivity contribution is 5.70. The van der Waals surface area contributed by atoms with Crippen LogP contribution in [0.1, 0.15) is 68.9 Å². The first-order valence-corrected chi connectivity index (χ1v) is 11.9. The first kappa shape index (κ1) is 24.6. The fourth-order valence-electron chi connectivity index (χ4n) is 4.24. The van der Waals surface area contributed by atoms with E-state index in [1.54, 1.807) is 0 Å². The minimum Gasteiger partial charge on any atom is -0.490 e. The second kappa shape index (κ2) is 12.9. The average molecular weight is 455 g/mol. The molecule has 0 saturated heterocycles. The Bertz CT molecular complexity index is 862. The molecule has 0 spiro atoms. The maximum Gasteiger partial charge on any atom is 0.307 e. The lowest BCUT2D eigenvalue weighted by Gasteiger charge is -2.13. The number of ether oxygens (including phenoxy) is 2. The minimum absolute atomic E-state index is 0.0731. The van der Waals surface area contributed by atoms with E-state index in [1.807, 2.05) is 48.5 Å². The lowest BCUT2D eigenvalue weighted by molar-refractivity contribution is -0.137. The molecule has 2 N–H and O–H groups in total. The smallest absolute Gasteiger partial charge is 0.307 e. The summed E-state index contributed by atoms with van der Waals surface area (Å²) in [5.41, 5.74) is 1.86. The second-order valence-corrected chi connectivity index (χ2v) is 8.80. The summed E-state index contributed by atoms with van der Waals surface area (Å²) < 4.78 is 11.6. The quantitative estimate of drug-likeness (QED) is 0.508. The lowest BCUT2D eigenvalue weighted by atomic mass is 10.1. The van der Waals surface area contributed by atoms with Gasteiger partial charge in [-0.25, -0.2) is 0 Å². The van der Waals surface area contributed by atoms with E-state index in [2.05, 4.69) is 0 Å². The number of aryl methyl sites for hydroxylation is 1. The fourth-order valence-corrected chi connectivity index (χ4v) is 4.24. The van der Waals surface area contributed by atoms with Gasteiger partial charge in [-0.1, -0.05) is 24.3 Å². The highest BCUT2D eigenvalue weighted by Crippen LogP contribution is 2.25. The van der Waals surface area contributed by atoms with Crippen LogP contribution >= 0.6 is 0 Å². The first-order chi connectivity index (χ1) is 16.0. The minimum atomic E-state index is -0.801. The van der Waals surface area contributed by atoms with Crippen molar-refractivity contribution in [2.24, 2.45) is 0 Å². The van der Waals surface area contributed by atoms with E-state index in [1.165, 1.54) is 25.7 Å². The van der Waals surface area contributed by atoms with Crippen LogP contribution in [0.3, 0.4) is 0 Å². The molecule has 0 radical (unpaired) electrons. The van der Waals surface area contributed by atoms with Crippen LogP contribution in [0.15, 0.2) is 48.5 Å². The maximum atomic E-state index is 10.5. The normalized spacial score (nSPS) is 16.1. The predicted octanol–water partition coefficient (Wildman–Crippen LogP) is 5.66. The van der Waals surface area contributed by atoms with Crippen LogP contribution in [0.2, 0.25) is 0 Å². The third-order valence-electron chi connectivity index (χ3n) is 6.04. The van der Waals surface area contributed by atoms with E-state index in [-0.39, 0.29) is 12.8 Å². The van der Waals surface area contributed by atoms with Crippen molar-refractivity contribution >= 4 is 11.9 Å². The van der Waals surface area contributed by atoms with Gasteiger partial charge in [-0.3, -0.25) is 9.59 Å². The maximum absolute atomic E-state index is 10.5. The number of carboxylic acids is 2. The zero-order valence-electron chi connectivity index (χ0n) is 19.1. The van der Waals surface area contributed by atoms with Gasteiger partial charge in [0.2, 0.25) is 0 Å². The molecule has 2 aromatic carbocycles. The van der Waals surface area contributed by atoms with Crippen molar-refractivity contribution in [3.8, 4) is 11.5 Å². The van der Waals surface area contributed by atoms with E-state index in [0.29, 0.717) is 18.6 Å². The van der Waals surface area contributed by atoms with Gasteiger partial charge in [-0.2, -0.15) is 0 Å². The first-order valence-electron chi connectivity index (χ1n) is 11.9. The summed E-state index contributed by atoms with van der Waals surface area (Å²) in [6, 6.07) is 15.1. The van der Waals surface area contributed by atoms with Crippen molar-refractivity contribution in [3.05, 3.63) is 59.7 Å². The van der Waals surface area contributed by atoms with Crippen molar-refractivity contribution in [1.82, 2.24) is 0 Å². The molecule has 2 fully saturated rings. The SMILES string of the molecule is O=C(O)CCc1ccc(OC2CCCC2)cc1.O=C(O)Cc1ccc(OC2CCCC2)cc1. The Balaban J connectivity index is 0.000000186. The second-order valence-electron chi connectivity index (χ2n) is 8.80. The van der Waals surface area contributed by atoms with Crippen LogP contribution < -0.4 is 9.47 Å². The molecule has 0 aromatic heterocycles. The van der Waals surface area contributed by atoms with Crippen LogP contribution in [0, 0.1) is 0 Å². The molecule has 6 nitrogen and oxygen atoms in total. The summed E-state index contributed by atoms with van der Waals surface area (Å²) in [4.78, 5) is 20.9. The summed E-state index contributed by atoms with van der Waals surface area (Å²) in [7, 11) is 0. The molecule has 178 valence electrons. The van der Waals surface area contributed by atoms with E-state index in [4.69, 9.17) is 19.7 Å². The largest absolute Gasteiger partial charge is 0.490 e. The van der Waals surface area contributed by atoms with Gasteiger partial charge < -0.3 is 19.7 Å². The van der Waals surface area contributed by atoms with E-state index < -0.39 is 11.9 Å². The van der Waals surface area contributed by atoms with Crippen molar-refractivity contribution < 1.29 is 29.3 Å². The molecular weight excluding hydrogens is 420 g/mol. The van der Waals surface area contributed by atoms with Crippen LogP contribution in [0.4, 0.5) is 0 Å². The molecule has 0 atom stereocenters. The van der Waals surface area contributed by atoms with Gasteiger partial charge in [-0.15, -0.1) is 0 Å². The van der Waals surface area contributed by atoms with Crippen molar-refractivity contribution in [1.29, 1.82) is 0 Å². The zero-order valence-corrected chi connectivity index (χ0v) is 19.1. The number of carbonyl (C=O) groups is 2. The molecule has 2 aliphatic rings. The molecule has 0 heterocycles. The van der Waals surface area contributed by atoms with Gasteiger partial charge in [0.1, 0.15) is 11.5 Å². The van der Waals surface area contributed by atoms with E-state index in [9.17, 15) is 9.59 Å². The highest BCUT2D eigenvalue weighted by Gasteiger charge is 2.17. The third-order valence-corrected chi connectivity index (χ3v) is 6.04. The molecule has 2 aromatic rings. The Morgan fingerprint density at radius 3 is 1.48 bits per heavy atom. The van der Waals surface area contributed by atoms with Crippen molar-refractivity contribution in [2.75, 3.05) is 0 Å². The van der Waals surface area contributed by atoms with E-state index >= 15 is 0 Å². The molecule has 0 unspecified atom stereocenters. The van der Waals surface area contributed by atoms with Gasteiger partial charge in [0.15, 0.2) is 0 Å². The summed E-state index contributed by atoms with van der Waals surface area (Å²) in [6.07, 6.45) is 11.2. The van der Waals surface area contributed by atoms with Crippen LogP contribution in [0.25, 0.3) is 0 Å². The molecule has 2 aliphatic carbocycles. The topological polar surface area (TPSA) is 93.1 Å². The molecular formula is C27H34O6. The molecule has 2 saturated carbocycles. The standard InChI is InChI=1S/C14H18O3.C13H16O3/c15-14(16)10-7-11-5-8-13(9-6-11)17-12-3-1-2-4-12;14-13(15)9-10-5-7-12(8-6-10)16-11-3-1-2-4-11/h5-6,8-9,12H,1-4,7,10H2,(H,15,16);5-8,11H,1-4,9H2,(H,14,15). The van der Waals surface area contributed by atoms with Crippen LogP contribution in [-0.4, -0.2) is 34.4 Å². The third kappa shape index (κ3) is 9.16.